The van der Waals surface area contributed by atoms with Crippen molar-refractivity contribution in [3.63, 3.8) is 0 Å². The number of ether oxygens (including phenoxy) is 1. The molecule has 1 amide bonds. The second kappa shape index (κ2) is 6.47. The number of phenolic OH excluding ortho intramolecular Hbond substituents is 1. The van der Waals surface area contributed by atoms with Gasteiger partial charge in [-0.05, 0) is 35.9 Å². The molecule has 0 saturated carbocycles. The number of amides is 1. The number of hydrogen-bond acceptors (Lipinski definition) is 6. The third-order valence-electron chi connectivity index (χ3n) is 3.27. The summed E-state index contributed by atoms with van der Waals surface area (Å²) in [5.74, 6) is 0.914. The van der Waals surface area contributed by atoms with E-state index in [1.165, 1.54) is 29.8 Å². The molecule has 1 aromatic carbocycles. The summed E-state index contributed by atoms with van der Waals surface area (Å²) in [6.07, 6.45) is 3.29. The number of carbonyl (C=O) groups is 1. The van der Waals surface area contributed by atoms with E-state index in [4.69, 9.17) is 21.4 Å². The van der Waals surface area contributed by atoms with Crippen LogP contribution in [0.1, 0.15) is 11.3 Å². The van der Waals surface area contributed by atoms with Gasteiger partial charge in [-0.1, -0.05) is 30.0 Å². The van der Waals surface area contributed by atoms with Crippen LogP contribution < -0.4 is 4.74 Å². The topological polar surface area (TPSA) is 62.9 Å². The van der Waals surface area contributed by atoms with Gasteiger partial charge in [0.05, 0.1) is 24.8 Å². The number of carbonyl (C=O) groups excluding carboxylic acids is 1. The van der Waals surface area contributed by atoms with E-state index in [0.29, 0.717) is 27.3 Å². The monoisotopic (exact) mass is 347 g/mol. The molecule has 5 nitrogen and oxygen atoms in total. The maximum absolute atomic E-state index is 12.5. The van der Waals surface area contributed by atoms with Crippen LogP contribution in [0.2, 0.25) is 0 Å². The van der Waals surface area contributed by atoms with Gasteiger partial charge in [-0.25, -0.2) is 0 Å². The minimum absolute atomic E-state index is 0.0509. The Morgan fingerprint density at radius 2 is 2.26 bits per heavy atom. The van der Waals surface area contributed by atoms with E-state index in [1.54, 1.807) is 36.6 Å². The largest absolute Gasteiger partial charge is 0.504 e. The third kappa shape index (κ3) is 3.25. The van der Waals surface area contributed by atoms with Gasteiger partial charge in [-0.2, -0.15) is 0 Å². The highest BCUT2D eigenvalue weighted by atomic mass is 32.2. The zero-order valence-electron chi connectivity index (χ0n) is 12.2. The number of thiocarbonyl (C=S) groups is 1. The van der Waals surface area contributed by atoms with Crippen LogP contribution in [0, 0.1) is 0 Å². The van der Waals surface area contributed by atoms with Gasteiger partial charge >= 0.3 is 0 Å². The molecule has 0 bridgehead atoms. The summed E-state index contributed by atoms with van der Waals surface area (Å²) in [5, 5.41) is 9.62. The molecule has 1 saturated heterocycles. The third-order valence-corrected chi connectivity index (χ3v) is 4.65. The summed E-state index contributed by atoms with van der Waals surface area (Å²) in [6, 6.07) is 8.46. The predicted molar refractivity (Wildman–Crippen MR) is 92.1 cm³/mol. The molecule has 7 heteroatoms. The van der Waals surface area contributed by atoms with Crippen LogP contribution in [0.5, 0.6) is 11.5 Å². The van der Waals surface area contributed by atoms with Gasteiger partial charge < -0.3 is 14.3 Å². The molecular formula is C16H13NO4S2. The molecule has 3 rings (SSSR count). The first kappa shape index (κ1) is 15.6. The van der Waals surface area contributed by atoms with E-state index in [9.17, 15) is 9.90 Å². The van der Waals surface area contributed by atoms with Crippen LogP contribution in [0.15, 0.2) is 45.9 Å². The molecule has 1 aliphatic heterocycles. The molecule has 0 atom stereocenters. The quantitative estimate of drug-likeness (QED) is 0.676. The van der Waals surface area contributed by atoms with Crippen molar-refractivity contribution in [1.82, 2.24) is 4.90 Å². The first-order chi connectivity index (χ1) is 11.1. The van der Waals surface area contributed by atoms with Gasteiger partial charge in [0.25, 0.3) is 5.91 Å². The Hall–Kier alpha value is -2.25. The van der Waals surface area contributed by atoms with Crippen molar-refractivity contribution in [3.05, 3.63) is 52.8 Å². The number of phenols is 1. The molecule has 23 heavy (non-hydrogen) atoms. The SMILES string of the molecule is COc1cc(/C=C2\SC(=S)N(Cc3ccco3)C2=O)ccc1O. The van der Waals surface area contributed by atoms with Crippen molar-refractivity contribution in [2.24, 2.45) is 0 Å². The second-order valence-electron chi connectivity index (χ2n) is 4.78. The standard InChI is InChI=1S/C16H13NO4S2/c1-20-13-7-10(4-5-12(13)18)8-14-15(19)17(16(22)23-14)9-11-3-2-6-21-11/h2-8,18H,9H2,1H3/b14-8-. The van der Waals surface area contributed by atoms with Gasteiger partial charge in [0.1, 0.15) is 10.1 Å². The zero-order chi connectivity index (χ0) is 16.4. The number of aromatic hydroxyl groups is 1. The van der Waals surface area contributed by atoms with Crippen molar-refractivity contribution < 1.29 is 19.1 Å². The van der Waals surface area contributed by atoms with Crippen molar-refractivity contribution >= 4 is 40.3 Å². The Bertz CT molecular complexity index is 783. The smallest absolute Gasteiger partial charge is 0.266 e. The number of hydrogen-bond donors (Lipinski definition) is 1. The number of benzene rings is 1. The maximum atomic E-state index is 12.5. The van der Waals surface area contributed by atoms with Gasteiger partial charge in [0.2, 0.25) is 0 Å². The number of furan rings is 1. The van der Waals surface area contributed by atoms with Gasteiger partial charge in [0.15, 0.2) is 11.5 Å². The van der Waals surface area contributed by atoms with Crippen molar-refractivity contribution in [1.29, 1.82) is 0 Å². The molecule has 0 radical (unpaired) electrons. The lowest BCUT2D eigenvalue weighted by molar-refractivity contribution is -0.122. The van der Waals surface area contributed by atoms with Crippen LogP contribution in [0.25, 0.3) is 6.08 Å². The van der Waals surface area contributed by atoms with Crippen molar-refractivity contribution in [3.8, 4) is 11.5 Å². The van der Waals surface area contributed by atoms with Crippen LogP contribution in [-0.2, 0) is 11.3 Å². The highest BCUT2D eigenvalue weighted by Crippen LogP contribution is 2.35. The summed E-state index contributed by atoms with van der Waals surface area (Å²) < 4.78 is 10.8. The van der Waals surface area contributed by atoms with E-state index < -0.39 is 0 Å². The Labute approximate surface area is 142 Å². The van der Waals surface area contributed by atoms with E-state index in [-0.39, 0.29) is 11.7 Å². The Kier molecular flexibility index (Phi) is 4.40. The first-order valence-electron chi connectivity index (χ1n) is 6.73. The number of thioether (sulfide) groups is 1. The van der Waals surface area contributed by atoms with E-state index in [1.807, 2.05) is 0 Å². The first-order valence-corrected chi connectivity index (χ1v) is 7.95. The number of rotatable bonds is 4. The molecule has 0 aliphatic carbocycles. The van der Waals surface area contributed by atoms with Crippen molar-refractivity contribution in [2.45, 2.75) is 6.54 Å². The minimum Gasteiger partial charge on any atom is -0.504 e. The lowest BCUT2D eigenvalue weighted by Crippen LogP contribution is -2.27. The molecule has 0 unspecified atom stereocenters. The van der Waals surface area contributed by atoms with E-state index in [2.05, 4.69) is 0 Å². The average molecular weight is 347 g/mol. The summed E-state index contributed by atoms with van der Waals surface area (Å²) in [7, 11) is 1.47. The summed E-state index contributed by atoms with van der Waals surface area (Å²) in [6.45, 7) is 0.313. The molecule has 2 aromatic rings. The summed E-state index contributed by atoms with van der Waals surface area (Å²) >= 11 is 6.51. The predicted octanol–water partition coefficient (Wildman–Crippen LogP) is 3.40. The van der Waals surface area contributed by atoms with E-state index >= 15 is 0 Å². The highest BCUT2D eigenvalue weighted by Gasteiger charge is 2.32. The normalized spacial score (nSPS) is 16.4. The van der Waals surface area contributed by atoms with Crippen LogP contribution in [-0.4, -0.2) is 27.3 Å². The molecule has 1 N–H and O–H groups in total. The van der Waals surface area contributed by atoms with E-state index in [0.717, 1.165) is 5.56 Å². The van der Waals surface area contributed by atoms with Gasteiger partial charge in [0, 0.05) is 0 Å². The second-order valence-corrected chi connectivity index (χ2v) is 6.45. The van der Waals surface area contributed by atoms with Gasteiger partial charge in [-0.3, -0.25) is 9.69 Å². The Morgan fingerprint density at radius 3 is 2.96 bits per heavy atom. The Balaban J connectivity index is 1.83. The lowest BCUT2D eigenvalue weighted by atomic mass is 10.2. The zero-order valence-corrected chi connectivity index (χ0v) is 13.8. The molecular weight excluding hydrogens is 334 g/mol. The lowest BCUT2D eigenvalue weighted by Gasteiger charge is -2.12. The Morgan fingerprint density at radius 1 is 1.43 bits per heavy atom. The fourth-order valence-corrected chi connectivity index (χ4v) is 3.39. The molecule has 0 spiro atoms. The fourth-order valence-electron chi connectivity index (χ4n) is 2.13. The fraction of sp³-hybridized carbons (Fsp3) is 0.125. The molecule has 118 valence electrons. The summed E-state index contributed by atoms with van der Waals surface area (Å²) in [5.41, 5.74) is 0.748. The maximum Gasteiger partial charge on any atom is 0.266 e. The molecule has 1 aromatic heterocycles. The van der Waals surface area contributed by atoms with Gasteiger partial charge in [-0.15, -0.1) is 0 Å². The summed E-state index contributed by atoms with van der Waals surface area (Å²) in [4.78, 5) is 14.5. The van der Waals surface area contributed by atoms with Crippen molar-refractivity contribution in [2.75, 3.05) is 7.11 Å². The minimum atomic E-state index is -0.163. The van der Waals surface area contributed by atoms with Crippen LogP contribution >= 0.6 is 24.0 Å². The number of nitrogens with zero attached hydrogens (tertiary/aromatic N) is 1. The molecule has 1 fully saturated rings. The average Bonchev–Trinajstić information content (AvgIpc) is 3.14. The molecule has 2 heterocycles. The number of methoxy groups -OCH3 is 1. The van der Waals surface area contributed by atoms with Crippen LogP contribution in [0.3, 0.4) is 0 Å². The highest BCUT2D eigenvalue weighted by molar-refractivity contribution is 8.26. The van der Waals surface area contributed by atoms with Crippen LogP contribution in [0.4, 0.5) is 0 Å². The molecule has 1 aliphatic rings.